The standard InChI is InChI=1S/C17H22O4/c18-13(7-6-12-4-2-1-3-5-12)8-9-14-15-11-20-21-17(15)10-16(14)19/h1-5,8-9,13-19H,6-7,10-11H2/b9-8+/t13-,14?,15+,16+,17-/m0/s1. The van der Waals surface area contributed by atoms with Crippen LogP contribution in [-0.4, -0.2) is 35.1 Å². The molecule has 21 heavy (non-hydrogen) atoms. The number of benzene rings is 1. The zero-order valence-electron chi connectivity index (χ0n) is 12.0. The fraction of sp³-hybridized carbons (Fsp3) is 0.529. The van der Waals surface area contributed by atoms with E-state index in [4.69, 9.17) is 9.78 Å². The van der Waals surface area contributed by atoms with Gasteiger partial charge in [0.25, 0.3) is 0 Å². The van der Waals surface area contributed by atoms with E-state index in [2.05, 4.69) is 12.1 Å². The predicted molar refractivity (Wildman–Crippen MR) is 78.3 cm³/mol. The lowest BCUT2D eigenvalue weighted by molar-refractivity contribution is -0.276. The lowest BCUT2D eigenvalue weighted by Gasteiger charge is -2.15. The van der Waals surface area contributed by atoms with Gasteiger partial charge in [0, 0.05) is 18.3 Å². The van der Waals surface area contributed by atoms with Crippen LogP contribution in [0.2, 0.25) is 0 Å². The van der Waals surface area contributed by atoms with Crippen LogP contribution in [0.1, 0.15) is 18.4 Å². The predicted octanol–water partition coefficient (Wildman–Crippen LogP) is 1.86. The molecule has 5 atom stereocenters. The monoisotopic (exact) mass is 290 g/mol. The zero-order chi connectivity index (χ0) is 14.7. The van der Waals surface area contributed by atoms with E-state index in [1.807, 2.05) is 24.3 Å². The van der Waals surface area contributed by atoms with E-state index in [9.17, 15) is 10.2 Å². The minimum atomic E-state index is -0.486. The van der Waals surface area contributed by atoms with Gasteiger partial charge < -0.3 is 10.2 Å². The zero-order valence-corrected chi connectivity index (χ0v) is 12.0. The van der Waals surface area contributed by atoms with Gasteiger partial charge in [-0.2, -0.15) is 0 Å². The van der Waals surface area contributed by atoms with Crippen molar-refractivity contribution in [2.45, 2.75) is 37.6 Å². The van der Waals surface area contributed by atoms with Gasteiger partial charge in [-0.1, -0.05) is 42.5 Å². The molecule has 4 heteroatoms. The Hall–Kier alpha value is -1.20. The van der Waals surface area contributed by atoms with Gasteiger partial charge in [0.05, 0.1) is 18.8 Å². The number of hydrogen-bond acceptors (Lipinski definition) is 4. The summed E-state index contributed by atoms with van der Waals surface area (Å²) in [4.78, 5) is 10.1. The summed E-state index contributed by atoms with van der Waals surface area (Å²) >= 11 is 0. The first-order chi connectivity index (χ1) is 10.2. The molecule has 4 nitrogen and oxygen atoms in total. The molecule has 114 valence electrons. The van der Waals surface area contributed by atoms with Gasteiger partial charge in [-0.3, -0.25) is 0 Å². The molecule has 2 N–H and O–H groups in total. The molecule has 1 aliphatic heterocycles. The maximum atomic E-state index is 10.1. The lowest BCUT2D eigenvalue weighted by Crippen LogP contribution is -2.20. The van der Waals surface area contributed by atoms with Crippen molar-refractivity contribution in [3.63, 3.8) is 0 Å². The molecule has 2 fully saturated rings. The van der Waals surface area contributed by atoms with Gasteiger partial charge in [0.15, 0.2) is 0 Å². The Kier molecular flexibility index (Phi) is 4.70. The molecule has 1 aromatic carbocycles. The number of fused-ring (bicyclic) bond motifs is 1. The highest BCUT2D eigenvalue weighted by Gasteiger charge is 2.46. The number of aliphatic hydroxyl groups excluding tert-OH is 2. The maximum absolute atomic E-state index is 10.1. The second-order valence-corrected chi connectivity index (χ2v) is 5.94. The molecule has 1 saturated carbocycles. The Balaban J connectivity index is 1.51. The van der Waals surface area contributed by atoms with Gasteiger partial charge in [0.1, 0.15) is 6.10 Å². The second kappa shape index (κ2) is 6.71. The molecule has 2 aliphatic rings. The smallest absolute Gasteiger partial charge is 0.101 e. The number of hydrogen-bond donors (Lipinski definition) is 2. The average molecular weight is 290 g/mol. The summed E-state index contributed by atoms with van der Waals surface area (Å²) in [5.41, 5.74) is 1.23. The molecule has 1 heterocycles. The molecular weight excluding hydrogens is 268 g/mol. The summed E-state index contributed by atoms with van der Waals surface area (Å²) in [6, 6.07) is 10.1. The van der Waals surface area contributed by atoms with Crippen molar-refractivity contribution in [2.75, 3.05) is 6.61 Å². The topological polar surface area (TPSA) is 58.9 Å². The van der Waals surface area contributed by atoms with E-state index in [1.165, 1.54) is 5.56 Å². The minimum absolute atomic E-state index is 0.00360. The largest absolute Gasteiger partial charge is 0.392 e. The van der Waals surface area contributed by atoms with Crippen LogP contribution in [0.3, 0.4) is 0 Å². The molecule has 0 spiro atoms. The summed E-state index contributed by atoms with van der Waals surface area (Å²) in [6.45, 7) is 0.525. The van der Waals surface area contributed by atoms with Gasteiger partial charge in [-0.05, 0) is 18.4 Å². The maximum Gasteiger partial charge on any atom is 0.101 e. The summed E-state index contributed by atoms with van der Waals surface area (Å²) in [7, 11) is 0. The average Bonchev–Trinajstić information content (AvgIpc) is 3.05. The summed E-state index contributed by atoms with van der Waals surface area (Å²) in [6.07, 6.45) is 4.99. The first-order valence-electron chi connectivity index (χ1n) is 7.60. The third-order valence-electron chi connectivity index (χ3n) is 4.47. The summed E-state index contributed by atoms with van der Waals surface area (Å²) in [5.74, 6) is 0.224. The van der Waals surface area contributed by atoms with E-state index < -0.39 is 12.2 Å². The molecule has 0 bridgehead atoms. The van der Waals surface area contributed by atoms with Crippen molar-refractivity contribution in [1.82, 2.24) is 0 Å². The van der Waals surface area contributed by atoms with Crippen LogP contribution in [0.15, 0.2) is 42.5 Å². The van der Waals surface area contributed by atoms with Crippen LogP contribution < -0.4 is 0 Å². The van der Waals surface area contributed by atoms with Gasteiger partial charge >= 0.3 is 0 Å². The van der Waals surface area contributed by atoms with Crippen molar-refractivity contribution >= 4 is 0 Å². The number of rotatable bonds is 5. The van der Waals surface area contributed by atoms with Gasteiger partial charge in [-0.15, -0.1) is 0 Å². The minimum Gasteiger partial charge on any atom is -0.392 e. The van der Waals surface area contributed by atoms with Crippen molar-refractivity contribution in [2.24, 2.45) is 11.8 Å². The van der Waals surface area contributed by atoms with Crippen molar-refractivity contribution in [3.05, 3.63) is 48.0 Å². The molecule has 1 aromatic rings. The first-order valence-corrected chi connectivity index (χ1v) is 7.60. The fourth-order valence-corrected chi connectivity index (χ4v) is 3.22. The Morgan fingerprint density at radius 2 is 2.10 bits per heavy atom. The molecule has 1 unspecified atom stereocenters. The van der Waals surface area contributed by atoms with Gasteiger partial charge in [0.2, 0.25) is 0 Å². The highest BCUT2D eigenvalue weighted by molar-refractivity contribution is 5.15. The van der Waals surface area contributed by atoms with Crippen LogP contribution in [0, 0.1) is 11.8 Å². The molecule has 1 aliphatic carbocycles. The Labute approximate surface area is 124 Å². The van der Waals surface area contributed by atoms with Crippen molar-refractivity contribution in [1.29, 1.82) is 0 Å². The first kappa shape index (κ1) is 14.7. The van der Waals surface area contributed by atoms with Gasteiger partial charge in [-0.25, -0.2) is 9.78 Å². The van der Waals surface area contributed by atoms with Crippen LogP contribution in [0.25, 0.3) is 0 Å². The Morgan fingerprint density at radius 1 is 1.29 bits per heavy atom. The molecule has 3 rings (SSSR count). The Bertz CT molecular complexity index is 473. The third-order valence-corrected chi connectivity index (χ3v) is 4.47. The fourth-order valence-electron chi connectivity index (χ4n) is 3.22. The lowest BCUT2D eigenvalue weighted by atomic mass is 9.93. The van der Waals surface area contributed by atoms with E-state index in [0.717, 1.165) is 6.42 Å². The second-order valence-electron chi connectivity index (χ2n) is 5.94. The number of aryl methyl sites for hydroxylation is 1. The quantitative estimate of drug-likeness (QED) is 0.642. The molecule has 0 radical (unpaired) electrons. The van der Waals surface area contributed by atoms with E-state index >= 15 is 0 Å². The van der Waals surface area contributed by atoms with Crippen LogP contribution >= 0.6 is 0 Å². The van der Waals surface area contributed by atoms with E-state index in [-0.39, 0.29) is 17.9 Å². The van der Waals surface area contributed by atoms with Crippen LogP contribution in [0.4, 0.5) is 0 Å². The highest BCUT2D eigenvalue weighted by atomic mass is 17.2. The number of aliphatic hydroxyl groups is 2. The molecule has 0 amide bonds. The van der Waals surface area contributed by atoms with Crippen molar-refractivity contribution < 1.29 is 20.0 Å². The SMILES string of the molecule is O[C@H](/C=C/C1[C@H](O)C[C@@H]2OOC[C@H]12)CCc1ccccc1. The summed E-state index contributed by atoms with van der Waals surface area (Å²) < 4.78 is 0. The van der Waals surface area contributed by atoms with Crippen molar-refractivity contribution in [3.8, 4) is 0 Å². The molecule has 0 aromatic heterocycles. The van der Waals surface area contributed by atoms with Crippen LogP contribution in [-0.2, 0) is 16.2 Å². The molecular formula is C17H22O4. The van der Waals surface area contributed by atoms with E-state index in [0.29, 0.717) is 19.4 Å². The third kappa shape index (κ3) is 3.52. The van der Waals surface area contributed by atoms with Crippen LogP contribution in [0.5, 0.6) is 0 Å². The van der Waals surface area contributed by atoms with E-state index in [1.54, 1.807) is 6.08 Å². The Morgan fingerprint density at radius 3 is 2.90 bits per heavy atom. The summed E-state index contributed by atoms with van der Waals surface area (Å²) in [5, 5.41) is 20.1. The normalized spacial score (nSPS) is 33.4. The molecule has 1 saturated heterocycles. The highest BCUT2D eigenvalue weighted by Crippen LogP contribution is 2.39.